The minimum Gasteiger partial charge on any atom is -0.267 e. The Hall–Kier alpha value is -3.10. The van der Waals surface area contributed by atoms with Gasteiger partial charge in [-0.1, -0.05) is 0 Å². The first-order chi connectivity index (χ1) is 14.3. The molecule has 3 aromatic rings. The minimum absolute atomic E-state index is 0.337. The molecule has 0 atom stereocenters. The SMILES string of the molecule is CC(=NNC(=O)c1ccc(C(=O)NN=C(C)c2ccc(C)s2)cc1)c1ccc(C)s1. The molecule has 1 aromatic carbocycles. The normalized spacial score (nSPS) is 12.0. The maximum Gasteiger partial charge on any atom is 0.271 e. The number of amides is 2. The summed E-state index contributed by atoms with van der Waals surface area (Å²) in [6.07, 6.45) is 0. The average Bonchev–Trinajstić information content (AvgIpc) is 3.38. The van der Waals surface area contributed by atoms with Crippen molar-refractivity contribution in [1.82, 2.24) is 10.9 Å². The van der Waals surface area contributed by atoms with Crippen LogP contribution in [0.4, 0.5) is 0 Å². The summed E-state index contributed by atoms with van der Waals surface area (Å²) in [5, 5.41) is 8.30. The fourth-order valence-electron chi connectivity index (χ4n) is 2.54. The lowest BCUT2D eigenvalue weighted by molar-refractivity contribution is 0.0943. The molecular formula is C22H22N4O2S2. The first-order valence-corrected chi connectivity index (χ1v) is 10.9. The second-order valence-corrected chi connectivity index (χ2v) is 9.25. The van der Waals surface area contributed by atoms with Crippen molar-refractivity contribution in [2.24, 2.45) is 10.2 Å². The number of thiophene rings is 2. The van der Waals surface area contributed by atoms with Gasteiger partial charge in [0.1, 0.15) is 0 Å². The van der Waals surface area contributed by atoms with Gasteiger partial charge in [0.25, 0.3) is 11.8 Å². The number of rotatable bonds is 6. The summed E-state index contributed by atoms with van der Waals surface area (Å²) in [7, 11) is 0. The van der Waals surface area contributed by atoms with Gasteiger partial charge in [0.2, 0.25) is 0 Å². The number of carbonyl (C=O) groups is 2. The molecule has 0 radical (unpaired) electrons. The predicted octanol–water partition coefficient (Wildman–Crippen LogP) is 4.73. The van der Waals surface area contributed by atoms with Crippen LogP contribution in [0, 0.1) is 13.8 Å². The van der Waals surface area contributed by atoms with Gasteiger partial charge in [-0.05, 0) is 76.2 Å². The van der Waals surface area contributed by atoms with Crippen molar-refractivity contribution in [1.29, 1.82) is 0 Å². The fraction of sp³-hybridized carbons (Fsp3) is 0.182. The fourth-order valence-corrected chi connectivity index (χ4v) is 4.16. The summed E-state index contributed by atoms with van der Waals surface area (Å²) >= 11 is 3.24. The highest BCUT2D eigenvalue weighted by atomic mass is 32.1. The van der Waals surface area contributed by atoms with E-state index in [9.17, 15) is 9.59 Å². The van der Waals surface area contributed by atoms with Crippen LogP contribution < -0.4 is 10.9 Å². The van der Waals surface area contributed by atoms with E-state index in [-0.39, 0.29) is 11.8 Å². The Morgan fingerprint density at radius 3 is 1.33 bits per heavy atom. The van der Waals surface area contributed by atoms with Crippen LogP contribution in [0.1, 0.15) is 54.1 Å². The Morgan fingerprint density at radius 1 is 0.667 bits per heavy atom. The second-order valence-electron chi connectivity index (χ2n) is 6.67. The van der Waals surface area contributed by atoms with Gasteiger partial charge < -0.3 is 0 Å². The molecule has 6 nitrogen and oxygen atoms in total. The Morgan fingerprint density at radius 2 is 1.03 bits per heavy atom. The first kappa shape index (κ1) is 21.6. The number of hydrogen-bond donors (Lipinski definition) is 2. The van der Waals surface area contributed by atoms with E-state index in [1.165, 1.54) is 9.75 Å². The lowest BCUT2D eigenvalue weighted by atomic mass is 10.1. The molecule has 154 valence electrons. The zero-order valence-electron chi connectivity index (χ0n) is 17.1. The van der Waals surface area contributed by atoms with Crippen LogP contribution in [-0.4, -0.2) is 23.2 Å². The van der Waals surface area contributed by atoms with Crippen molar-refractivity contribution in [3.05, 3.63) is 79.2 Å². The number of benzene rings is 1. The molecule has 30 heavy (non-hydrogen) atoms. The van der Waals surface area contributed by atoms with E-state index < -0.39 is 0 Å². The largest absolute Gasteiger partial charge is 0.271 e. The van der Waals surface area contributed by atoms with Crippen molar-refractivity contribution >= 4 is 45.9 Å². The summed E-state index contributed by atoms with van der Waals surface area (Å²) < 4.78 is 0. The first-order valence-electron chi connectivity index (χ1n) is 9.26. The zero-order chi connectivity index (χ0) is 21.7. The molecule has 2 aromatic heterocycles. The third kappa shape index (κ3) is 5.49. The predicted molar refractivity (Wildman–Crippen MR) is 124 cm³/mol. The van der Waals surface area contributed by atoms with Crippen LogP contribution in [0.15, 0.2) is 58.7 Å². The van der Waals surface area contributed by atoms with Gasteiger partial charge in [-0.2, -0.15) is 10.2 Å². The molecule has 0 aliphatic heterocycles. The van der Waals surface area contributed by atoms with E-state index in [2.05, 4.69) is 21.1 Å². The summed E-state index contributed by atoms with van der Waals surface area (Å²) in [4.78, 5) is 29.0. The standard InChI is InChI=1S/C22H22N4O2S2/c1-13-5-11-19(29-13)15(3)23-25-21(27)17-7-9-18(10-8-17)22(28)26-24-16(4)20-12-6-14(2)30-20/h5-12H,1-4H3,(H,25,27)(H,26,28). The van der Waals surface area contributed by atoms with Crippen LogP contribution in [0.25, 0.3) is 0 Å². The number of carbonyl (C=O) groups excluding carboxylic acids is 2. The molecule has 0 bridgehead atoms. The molecule has 0 saturated heterocycles. The number of hydrazone groups is 2. The van der Waals surface area contributed by atoms with Gasteiger partial charge >= 0.3 is 0 Å². The minimum atomic E-state index is -0.337. The molecule has 3 rings (SSSR count). The van der Waals surface area contributed by atoms with Crippen molar-refractivity contribution in [3.63, 3.8) is 0 Å². The monoisotopic (exact) mass is 438 g/mol. The van der Waals surface area contributed by atoms with Gasteiger partial charge in [0.15, 0.2) is 0 Å². The highest BCUT2D eigenvalue weighted by Crippen LogP contribution is 2.16. The number of aryl methyl sites for hydroxylation is 2. The third-order valence-electron chi connectivity index (χ3n) is 4.25. The molecule has 0 spiro atoms. The molecule has 0 aliphatic carbocycles. The maximum absolute atomic E-state index is 12.3. The third-order valence-corrected chi connectivity index (χ3v) is 6.47. The van der Waals surface area contributed by atoms with Crippen molar-refractivity contribution in [3.8, 4) is 0 Å². The molecule has 0 aliphatic rings. The summed E-state index contributed by atoms with van der Waals surface area (Å²) in [6.45, 7) is 7.74. The quantitative estimate of drug-likeness (QED) is 0.431. The van der Waals surface area contributed by atoms with Crippen LogP contribution >= 0.6 is 22.7 Å². The van der Waals surface area contributed by atoms with Crippen LogP contribution in [0.5, 0.6) is 0 Å². The Kier molecular flexibility index (Phi) is 6.91. The van der Waals surface area contributed by atoms with E-state index in [1.807, 2.05) is 52.0 Å². The average molecular weight is 439 g/mol. The van der Waals surface area contributed by atoms with Gasteiger partial charge in [0, 0.05) is 20.9 Å². The molecule has 2 amide bonds. The highest BCUT2D eigenvalue weighted by molar-refractivity contribution is 7.14. The molecule has 0 fully saturated rings. The van der Waals surface area contributed by atoms with Crippen LogP contribution in [-0.2, 0) is 0 Å². The van der Waals surface area contributed by atoms with Gasteiger partial charge in [-0.25, -0.2) is 10.9 Å². The Labute approximate surface area is 183 Å². The number of nitrogens with zero attached hydrogens (tertiary/aromatic N) is 2. The van der Waals surface area contributed by atoms with Gasteiger partial charge in [0.05, 0.1) is 21.2 Å². The molecular weight excluding hydrogens is 416 g/mol. The molecule has 2 heterocycles. The number of nitrogens with one attached hydrogen (secondary N) is 2. The van der Waals surface area contributed by atoms with Gasteiger partial charge in [-0.3, -0.25) is 9.59 Å². The summed E-state index contributed by atoms with van der Waals surface area (Å²) in [5.41, 5.74) is 7.42. The molecule has 8 heteroatoms. The van der Waals surface area contributed by atoms with E-state index in [4.69, 9.17) is 0 Å². The molecule has 0 unspecified atom stereocenters. The second kappa shape index (κ2) is 9.60. The highest BCUT2D eigenvalue weighted by Gasteiger charge is 2.10. The van der Waals surface area contributed by atoms with Crippen LogP contribution in [0.2, 0.25) is 0 Å². The smallest absolute Gasteiger partial charge is 0.267 e. The summed E-state index contributed by atoms with van der Waals surface area (Å²) in [5.74, 6) is -0.673. The van der Waals surface area contributed by atoms with Crippen molar-refractivity contribution in [2.45, 2.75) is 27.7 Å². The lowest BCUT2D eigenvalue weighted by Gasteiger charge is -2.04. The van der Waals surface area contributed by atoms with Gasteiger partial charge in [-0.15, -0.1) is 22.7 Å². The Bertz CT molecular complexity index is 1030. The van der Waals surface area contributed by atoms with Crippen molar-refractivity contribution < 1.29 is 9.59 Å². The van der Waals surface area contributed by atoms with E-state index >= 15 is 0 Å². The summed E-state index contributed by atoms with van der Waals surface area (Å²) in [6, 6.07) is 14.3. The maximum atomic E-state index is 12.3. The molecule has 2 N–H and O–H groups in total. The van der Waals surface area contributed by atoms with Crippen LogP contribution in [0.3, 0.4) is 0 Å². The topological polar surface area (TPSA) is 82.9 Å². The van der Waals surface area contributed by atoms with E-state index in [0.717, 1.165) is 21.2 Å². The lowest BCUT2D eigenvalue weighted by Crippen LogP contribution is -2.21. The molecule has 0 saturated carbocycles. The zero-order valence-corrected chi connectivity index (χ0v) is 18.8. The van der Waals surface area contributed by atoms with E-state index in [0.29, 0.717) is 11.1 Å². The Balaban J connectivity index is 1.59. The van der Waals surface area contributed by atoms with Crippen molar-refractivity contribution in [2.75, 3.05) is 0 Å². The number of hydrogen-bond acceptors (Lipinski definition) is 6. The van der Waals surface area contributed by atoms with E-state index in [1.54, 1.807) is 46.9 Å².